The van der Waals surface area contributed by atoms with Crippen LogP contribution in [0.2, 0.25) is 0 Å². The van der Waals surface area contributed by atoms with E-state index in [1.165, 1.54) is 0 Å². The number of thiophene rings is 1. The first-order chi connectivity index (χ1) is 10.8. The summed E-state index contributed by atoms with van der Waals surface area (Å²) in [5.41, 5.74) is 2.08. The maximum absolute atomic E-state index is 12.8. The molecule has 0 amide bonds. The molecule has 1 saturated heterocycles. The molecule has 2 heterocycles. The summed E-state index contributed by atoms with van der Waals surface area (Å²) < 4.78 is 5.76. The molecule has 1 aliphatic rings. The average molecular weight is 315 g/mol. The van der Waals surface area contributed by atoms with E-state index in [0.29, 0.717) is 0 Å². The number of rotatable bonds is 5. The van der Waals surface area contributed by atoms with Gasteiger partial charge in [-0.05, 0) is 60.8 Å². The normalized spacial score (nSPS) is 18.0. The Balaban J connectivity index is 1.75. The van der Waals surface area contributed by atoms with Crippen molar-refractivity contribution in [1.29, 1.82) is 0 Å². The van der Waals surface area contributed by atoms with Crippen LogP contribution in [0.5, 0.6) is 0 Å². The van der Waals surface area contributed by atoms with Crippen LogP contribution in [0.15, 0.2) is 47.2 Å². The highest BCUT2D eigenvalue weighted by Gasteiger charge is 2.32. The number of benzene rings is 1. The van der Waals surface area contributed by atoms with Crippen molar-refractivity contribution in [3.05, 3.63) is 58.3 Å². The van der Waals surface area contributed by atoms with Crippen LogP contribution in [-0.2, 0) is 9.53 Å². The summed E-state index contributed by atoms with van der Waals surface area (Å²) in [5, 5.41) is 4.07. The highest BCUT2D eigenvalue weighted by molar-refractivity contribution is 7.08. The van der Waals surface area contributed by atoms with Gasteiger partial charge in [0, 0.05) is 0 Å². The zero-order valence-corrected chi connectivity index (χ0v) is 13.6. The third kappa shape index (κ3) is 3.39. The van der Waals surface area contributed by atoms with Gasteiger partial charge in [0.25, 0.3) is 0 Å². The van der Waals surface area contributed by atoms with Crippen LogP contribution in [0, 0.1) is 0 Å². The highest BCUT2D eigenvalue weighted by atomic mass is 32.1. The number of ether oxygens (including phenoxy) is 1. The van der Waals surface area contributed by atoms with Gasteiger partial charge in [-0.15, -0.1) is 0 Å². The lowest BCUT2D eigenvalue weighted by Gasteiger charge is -2.26. The van der Waals surface area contributed by atoms with Crippen molar-refractivity contribution in [2.24, 2.45) is 0 Å². The Morgan fingerprint density at radius 2 is 1.86 bits per heavy atom. The maximum Gasteiger partial charge on any atom is 0.328 e. The van der Waals surface area contributed by atoms with Crippen LogP contribution in [0.3, 0.4) is 0 Å². The molecular weight excluding hydrogens is 294 g/mol. The van der Waals surface area contributed by atoms with E-state index in [0.717, 1.165) is 37.1 Å². The molecule has 1 aliphatic heterocycles. The van der Waals surface area contributed by atoms with Crippen molar-refractivity contribution in [1.82, 2.24) is 4.90 Å². The first-order valence-corrected chi connectivity index (χ1v) is 8.71. The molecule has 3 rings (SSSR count). The van der Waals surface area contributed by atoms with Gasteiger partial charge in [0.1, 0.15) is 12.1 Å². The van der Waals surface area contributed by atoms with Crippen molar-refractivity contribution in [2.45, 2.75) is 31.9 Å². The summed E-state index contributed by atoms with van der Waals surface area (Å²) in [6.45, 7) is 3.87. The predicted octanol–water partition coefficient (Wildman–Crippen LogP) is 4.19. The number of hydrogen-bond donors (Lipinski definition) is 0. The van der Waals surface area contributed by atoms with E-state index >= 15 is 0 Å². The van der Waals surface area contributed by atoms with Crippen LogP contribution in [0.25, 0.3) is 0 Å². The van der Waals surface area contributed by atoms with Crippen molar-refractivity contribution in [3.63, 3.8) is 0 Å². The van der Waals surface area contributed by atoms with E-state index in [-0.39, 0.29) is 18.1 Å². The quantitative estimate of drug-likeness (QED) is 0.775. The number of nitrogens with zero attached hydrogens (tertiary/aromatic N) is 1. The summed E-state index contributed by atoms with van der Waals surface area (Å²) in [6.07, 6.45) is 2.09. The molecule has 1 aromatic carbocycles. The average Bonchev–Trinajstić information content (AvgIpc) is 3.22. The minimum absolute atomic E-state index is 0.142. The second kappa shape index (κ2) is 7.07. The van der Waals surface area contributed by atoms with Crippen molar-refractivity contribution < 1.29 is 9.53 Å². The van der Waals surface area contributed by atoms with E-state index in [4.69, 9.17) is 4.74 Å². The van der Waals surface area contributed by atoms with Gasteiger partial charge in [0.15, 0.2) is 0 Å². The number of likely N-dealkylation sites (tertiary alicyclic amines) is 1. The van der Waals surface area contributed by atoms with Gasteiger partial charge in [-0.3, -0.25) is 4.90 Å². The van der Waals surface area contributed by atoms with Gasteiger partial charge in [0.2, 0.25) is 0 Å². The minimum Gasteiger partial charge on any atom is -0.456 e. The van der Waals surface area contributed by atoms with Crippen molar-refractivity contribution >= 4 is 17.3 Å². The zero-order chi connectivity index (χ0) is 15.4. The Hall–Kier alpha value is -1.65. The molecular formula is C18H21NO2S. The molecule has 0 N–H and O–H groups in total. The maximum atomic E-state index is 12.8. The monoisotopic (exact) mass is 315 g/mol. The Bertz CT molecular complexity index is 591. The van der Waals surface area contributed by atoms with Crippen LogP contribution < -0.4 is 0 Å². The molecule has 0 unspecified atom stereocenters. The van der Waals surface area contributed by atoms with E-state index < -0.39 is 0 Å². The smallest absolute Gasteiger partial charge is 0.328 e. The number of esters is 1. The first-order valence-electron chi connectivity index (χ1n) is 7.77. The van der Waals surface area contributed by atoms with E-state index in [1.54, 1.807) is 11.3 Å². The second-order valence-corrected chi connectivity index (χ2v) is 6.47. The van der Waals surface area contributed by atoms with Crippen LogP contribution in [-0.4, -0.2) is 24.0 Å². The van der Waals surface area contributed by atoms with Crippen molar-refractivity contribution in [3.8, 4) is 0 Å². The van der Waals surface area contributed by atoms with Gasteiger partial charge < -0.3 is 4.74 Å². The SMILES string of the molecule is C[C@H](OC(=O)[C@H](c1ccsc1)N1CCCC1)c1ccccc1. The van der Waals surface area contributed by atoms with E-state index in [1.807, 2.05) is 48.7 Å². The molecule has 0 saturated carbocycles. The summed E-state index contributed by atoms with van der Waals surface area (Å²) in [4.78, 5) is 15.0. The fourth-order valence-corrected chi connectivity index (χ4v) is 3.64. The van der Waals surface area contributed by atoms with Crippen LogP contribution in [0.4, 0.5) is 0 Å². The molecule has 3 nitrogen and oxygen atoms in total. The van der Waals surface area contributed by atoms with Gasteiger partial charge in [0.05, 0.1) is 0 Å². The lowest BCUT2D eigenvalue weighted by molar-refractivity contribution is -0.155. The third-order valence-electron chi connectivity index (χ3n) is 4.15. The lowest BCUT2D eigenvalue weighted by Crippen LogP contribution is -2.33. The molecule has 0 radical (unpaired) electrons. The first kappa shape index (κ1) is 15.3. The highest BCUT2D eigenvalue weighted by Crippen LogP contribution is 2.30. The van der Waals surface area contributed by atoms with Gasteiger partial charge in [-0.25, -0.2) is 4.79 Å². The molecule has 0 aliphatic carbocycles. The zero-order valence-electron chi connectivity index (χ0n) is 12.8. The lowest BCUT2D eigenvalue weighted by atomic mass is 10.1. The van der Waals surface area contributed by atoms with E-state index in [9.17, 15) is 4.79 Å². The largest absolute Gasteiger partial charge is 0.456 e. The Kier molecular flexibility index (Phi) is 4.90. The fraction of sp³-hybridized carbons (Fsp3) is 0.389. The molecule has 22 heavy (non-hydrogen) atoms. The molecule has 1 fully saturated rings. The predicted molar refractivity (Wildman–Crippen MR) is 88.8 cm³/mol. The van der Waals surface area contributed by atoms with Crippen LogP contribution in [0.1, 0.15) is 43.0 Å². The Morgan fingerprint density at radius 1 is 1.14 bits per heavy atom. The molecule has 0 bridgehead atoms. The number of carbonyl (C=O) groups excluding carboxylic acids is 1. The van der Waals surface area contributed by atoms with Crippen molar-refractivity contribution in [2.75, 3.05) is 13.1 Å². The van der Waals surface area contributed by atoms with Gasteiger partial charge >= 0.3 is 5.97 Å². The molecule has 0 spiro atoms. The second-order valence-electron chi connectivity index (χ2n) is 5.69. The third-order valence-corrected chi connectivity index (χ3v) is 4.85. The minimum atomic E-state index is -0.264. The molecule has 2 aromatic rings. The number of hydrogen-bond acceptors (Lipinski definition) is 4. The Labute approximate surface area is 135 Å². The van der Waals surface area contributed by atoms with Gasteiger partial charge in [-0.2, -0.15) is 11.3 Å². The topological polar surface area (TPSA) is 29.5 Å². The Morgan fingerprint density at radius 3 is 2.50 bits per heavy atom. The summed E-state index contributed by atoms with van der Waals surface area (Å²) >= 11 is 1.62. The summed E-state index contributed by atoms with van der Waals surface area (Å²) in [7, 11) is 0. The van der Waals surface area contributed by atoms with E-state index in [2.05, 4.69) is 10.3 Å². The van der Waals surface area contributed by atoms with Crippen LogP contribution >= 0.6 is 11.3 Å². The molecule has 4 heteroatoms. The standard InChI is InChI=1S/C18H21NO2S/c1-14(15-7-3-2-4-8-15)21-18(20)17(16-9-12-22-13-16)19-10-5-6-11-19/h2-4,7-9,12-14,17H,5-6,10-11H2,1H3/t14-,17-/m0/s1. The molecule has 1 aromatic heterocycles. The molecule has 116 valence electrons. The summed E-state index contributed by atoms with van der Waals surface area (Å²) in [6, 6.07) is 11.7. The fourth-order valence-electron chi connectivity index (χ4n) is 2.96. The molecule has 2 atom stereocenters. The summed E-state index contributed by atoms with van der Waals surface area (Å²) in [5.74, 6) is -0.142. The number of carbonyl (C=O) groups is 1. The van der Waals surface area contributed by atoms with Gasteiger partial charge in [-0.1, -0.05) is 30.3 Å².